The van der Waals surface area contributed by atoms with Crippen molar-refractivity contribution in [2.24, 2.45) is 0 Å². The number of hydrogen-bond acceptors (Lipinski definition) is 5. The predicted molar refractivity (Wildman–Crippen MR) is 130 cm³/mol. The molecule has 6 nitrogen and oxygen atoms in total. The second-order valence-corrected chi connectivity index (χ2v) is 8.93. The van der Waals surface area contributed by atoms with Crippen molar-refractivity contribution < 1.29 is 19.4 Å². The second-order valence-electron chi connectivity index (χ2n) is 8.93. The molecule has 1 heterocycles. The average Bonchev–Trinajstić information content (AvgIpc) is 3.04. The maximum atomic E-state index is 13.1. The first-order chi connectivity index (χ1) is 15.7. The van der Waals surface area contributed by atoms with E-state index in [9.17, 15) is 14.7 Å². The van der Waals surface area contributed by atoms with Crippen LogP contribution >= 0.6 is 0 Å². The van der Waals surface area contributed by atoms with E-state index in [0.29, 0.717) is 30.4 Å². The Labute approximate surface area is 196 Å². The number of ketones is 1. The smallest absolute Gasteiger partial charge is 0.295 e. The van der Waals surface area contributed by atoms with Crippen LogP contribution in [0.2, 0.25) is 0 Å². The Hall–Kier alpha value is -3.12. The van der Waals surface area contributed by atoms with Gasteiger partial charge in [-0.2, -0.15) is 0 Å². The molecule has 33 heavy (non-hydrogen) atoms. The first kappa shape index (κ1) is 24.5. The SMILES string of the molecule is CCOc1cccc(/C(O)=C2/C(=O)C(=O)N(CCCN(C)C)C2c2ccc(C(C)C)cc2)c1. The molecule has 0 spiro atoms. The Balaban J connectivity index is 2.09. The number of carbonyl (C=O) groups is 2. The van der Waals surface area contributed by atoms with Crippen molar-refractivity contribution in [2.75, 3.05) is 33.8 Å². The Morgan fingerprint density at radius 2 is 1.82 bits per heavy atom. The number of ether oxygens (including phenoxy) is 1. The zero-order chi connectivity index (χ0) is 24.1. The molecule has 0 saturated carbocycles. The molecule has 1 unspecified atom stereocenters. The van der Waals surface area contributed by atoms with Crippen molar-refractivity contribution in [1.29, 1.82) is 0 Å². The van der Waals surface area contributed by atoms with Crippen LogP contribution in [0.3, 0.4) is 0 Å². The standard InChI is InChI=1S/C27H34N2O4/c1-6-33-22-10-7-9-21(17-22)25(30)23-24(20-13-11-19(12-14-20)18(2)3)29(27(32)26(23)31)16-8-15-28(4)5/h7,9-14,17-18,24,30H,6,8,15-16H2,1-5H3/b25-23-. The van der Waals surface area contributed by atoms with E-state index in [0.717, 1.165) is 18.5 Å². The fourth-order valence-corrected chi connectivity index (χ4v) is 4.13. The van der Waals surface area contributed by atoms with Gasteiger partial charge in [-0.05, 0) is 63.2 Å². The molecular formula is C27H34N2O4. The fraction of sp³-hybridized carbons (Fsp3) is 0.407. The molecule has 0 aromatic heterocycles. The van der Waals surface area contributed by atoms with Crippen LogP contribution in [0.1, 0.15) is 55.8 Å². The number of nitrogens with zero attached hydrogens (tertiary/aromatic N) is 2. The summed E-state index contributed by atoms with van der Waals surface area (Å²) in [5.74, 6) is -0.444. The molecule has 0 aliphatic carbocycles. The summed E-state index contributed by atoms with van der Waals surface area (Å²) in [5, 5.41) is 11.2. The van der Waals surface area contributed by atoms with Crippen LogP contribution in [-0.2, 0) is 9.59 Å². The number of likely N-dealkylation sites (tertiary alicyclic amines) is 1. The van der Waals surface area contributed by atoms with Gasteiger partial charge < -0.3 is 19.6 Å². The van der Waals surface area contributed by atoms with Crippen molar-refractivity contribution in [3.8, 4) is 5.75 Å². The van der Waals surface area contributed by atoms with Crippen molar-refractivity contribution in [3.63, 3.8) is 0 Å². The maximum Gasteiger partial charge on any atom is 0.295 e. The molecule has 1 aliphatic heterocycles. The zero-order valence-corrected chi connectivity index (χ0v) is 20.2. The summed E-state index contributed by atoms with van der Waals surface area (Å²) in [5.41, 5.74) is 2.56. The summed E-state index contributed by atoms with van der Waals surface area (Å²) in [6.07, 6.45) is 0.723. The van der Waals surface area contributed by atoms with Gasteiger partial charge in [-0.25, -0.2) is 0 Å². The van der Waals surface area contributed by atoms with Crippen LogP contribution in [0.15, 0.2) is 54.1 Å². The van der Waals surface area contributed by atoms with Crippen molar-refractivity contribution in [1.82, 2.24) is 9.80 Å². The van der Waals surface area contributed by atoms with E-state index < -0.39 is 17.7 Å². The molecule has 6 heteroatoms. The topological polar surface area (TPSA) is 70.1 Å². The molecule has 2 aromatic carbocycles. The summed E-state index contributed by atoms with van der Waals surface area (Å²) in [4.78, 5) is 29.8. The minimum Gasteiger partial charge on any atom is -0.507 e. The molecule has 1 aliphatic rings. The number of aliphatic hydroxyl groups is 1. The monoisotopic (exact) mass is 450 g/mol. The molecule has 1 fully saturated rings. The van der Waals surface area contributed by atoms with E-state index in [1.165, 1.54) is 5.56 Å². The van der Waals surface area contributed by atoms with Crippen molar-refractivity contribution in [2.45, 2.75) is 39.2 Å². The minimum atomic E-state index is -0.655. The lowest BCUT2D eigenvalue weighted by Crippen LogP contribution is -2.32. The molecular weight excluding hydrogens is 416 g/mol. The van der Waals surface area contributed by atoms with E-state index in [1.807, 2.05) is 50.2 Å². The normalized spacial score (nSPS) is 17.9. The summed E-state index contributed by atoms with van der Waals surface area (Å²) in [7, 11) is 3.95. The Bertz CT molecular complexity index is 1020. The van der Waals surface area contributed by atoms with Gasteiger partial charge in [0.15, 0.2) is 0 Å². The van der Waals surface area contributed by atoms with Gasteiger partial charge in [0, 0.05) is 12.1 Å². The number of benzene rings is 2. The maximum absolute atomic E-state index is 13.1. The van der Waals surface area contributed by atoms with Crippen LogP contribution in [0.4, 0.5) is 0 Å². The highest BCUT2D eigenvalue weighted by Crippen LogP contribution is 2.40. The number of rotatable bonds is 9. The molecule has 0 radical (unpaired) electrons. The van der Waals surface area contributed by atoms with Crippen LogP contribution in [0, 0.1) is 0 Å². The Kier molecular flexibility index (Phi) is 7.92. The molecule has 3 rings (SSSR count). The largest absolute Gasteiger partial charge is 0.507 e. The first-order valence-corrected chi connectivity index (χ1v) is 11.5. The highest BCUT2D eigenvalue weighted by atomic mass is 16.5. The third-order valence-electron chi connectivity index (χ3n) is 5.88. The van der Waals surface area contributed by atoms with E-state index in [-0.39, 0.29) is 11.3 Å². The van der Waals surface area contributed by atoms with E-state index in [4.69, 9.17) is 4.74 Å². The lowest BCUT2D eigenvalue weighted by Gasteiger charge is -2.26. The van der Waals surface area contributed by atoms with Crippen LogP contribution in [0.5, 0.6) is 5.75 Å². The van der Waals surface area contributed by atoms with Gasteiger partial charge in [0.05, 0.1) is 18.2 Å². The third kappa shape index (κ3) is 5.45. The summed E-state index contributed by atoms with van der Waals surface area (Å²) >= 11 is 0. The predicted octanol–water partition coefficient (Wildman–Crippen LogP) is 4.58. The molecule has 0 bridgehead atoms. The van der Waals surface area contributed by atoms with Crippen LogP contribution < -0.4 is 4.74 Å². The van der Waals surface area contributed by atoms with Gasteiger partial charge in [0.2, 0.25) is 0 Å². The number of Topliss-reactive ketones (excluding diaryl/α,β-unsaturated/α-hetero) is 1. The van der Waals surface area contributed by atoms with Crippen molar-refractivity contribution >= 4 is 17.4 Å². The Morgan fingerprint density at radius 1 is 1.12 bits per heavy atom. The first-order valence-electron chi connectivity index (χ1n) is 11.5. The Morgan fingerprint density at radius 3 is 2.42 bits per heavy atom. The minimum absolute atomic E-state index is 0.121. The van der Waals surface area contributed by atoms with E-state index in [1.54, 1.807) is 29.2 Å². The van der Waals surface area contributed by atoms with E-state index >= 15 is 0 Å². The molecule has 2 aromatic rings. The number of hydrogen-bond donors (Lipinski definition) is 1. The summed E-state index contributed by atoms with van der Waals surface area (Å²) in [6, 6.07) is 14.3. The molecule has 1 saturated heterocycles. The van der Waals surface area contributed by atoms with Gasteiger partial charge in [-0.1, -0.05) is 50.2 Å². The molecule has 1 amide bonds. The molecule has 1 N–H and O–H groups in total. The molecule has 1 atom stereocenters. The highest BCUT2D eigenvalue weighted by Gasteiger charge is 2.45. The van der Waals surface area contributed by atoms with Crippen LogP contribution in [0.25, 0.3) is 5.76 Å². The van der Waals surface area contributed by atoms with Gasteiger partial charge in [-0.15, -0.1) is 0 Å². The fourth-order valence-electron chi connectivity index (χ4n) is 4.13. The highest BCUT2D eigenvalue weighted by molar-refractivity contribution is 6.46. The van der Waals surface area contributed by atoms with Gasteiger partial charge in [0.1, 0.15) is 11.5 Å². The van der Waals surface area contributed by atoms with Gasteiger partial charge in [-0.3, -0.25) is 9.59 Å². The van der Waals surface area contributed by atoms with Crippen molar-refractivity contribution in [3.05, 3.63) is 70.8 Å². The third-order valence-corrected chi connectivity index (χ3v) is 5.88. The summed E-state index contributed by atoms with van der Waals surface area (Å²) < 4.78 is 5.55. The van der Waals surface area contributed by atoms with Gasteiger partial charge >= 0.3 is 0 Å². The molecule has 176 valence electrons. The number of amides is 1. The quantitative estimate of drug-likeness (QED) is 0.344. The lowest BCUT2D eigenvalue weighted by molar-refractivity contribution is -0.139. The lowest BCUT2D eigenvalue weighted by atomic mass is 9.93. The van der Waals surface area contributed by atoms with Crippen LogP contribution in [-0.4, -0.2) is 60.4 Å². The zero-order valence-electron chi connectivity index (χ0n) is 20.2. The number of carbonyl (C=O) groups excluding carboxylic acids is 2. The average molecular weight is 451 g/mol. The number of aliphatic hydroxyl groups excluding tert-OH is 1. The summed E-state index contributed by atoms with van der Waals surface area (Å²) in [6.45, 7) is 7.82. The van der Waals surface area contributed by atoms with E-state index in [2.05, 4.69) is 13.8 Å². The second kappa shape index (κ2) is 10.7. The van der Waals surface area contributed by atoms with Gasteiger partial charge in [0.25, 0.3) is 11.7 Å².